The molecule has 0 radical (unpaired) electrons. The fourth-order valence-corrected chi connectivity index (χ4v) is 1.95. The molecule has 5 heteroatoms. The summed E-state index contributed by atoms with van der Waals surface area (Å²) >= 11 is 0. The minimum absolute atomic E-state index is 0.113. The van der Waals surface area contributed by atoms with Gasteiger partial charge in [-0.25, -0.2) is 9.97 Å². The summed E-state index contributed by atoms with van der Waals surface area (Å²) in [6.07, 6.45) is 3.68. The quantitative estimate of drug-likeness (QED) is 0.809. The van der Waals surface area contributed by atoms with Crippen LogP contribution in [0.5, 0.6) is 0 Å². The van der Waals surface area contributed by atoms with Crippen LogP contribution in [0.2, 0.25) is 0 Å². The van der Waals surface area contributed by atoms with Crippen LogP contribution < -0.4 is 5.32 Å². The van der Waals surface area contributed by atoms with Crippen molar-refractivity contribution in [3.63, 3.8) is 0 Å². The monoisotopic (exact) mass is 249 g/mol. The average molecular weight is 249 g/mol. The molecule has 1 aliphatic carbocycles. The number of anilines is 1. The van der Waals surface area contributed by atoms with Gasteiger partial charge in [0.1, 0.15) is 6.54 Å². The zero-order valence-electron chi connectivity index (χ0n) is 10.9. The van der Waals surface area contributed by atoms with Crippen LogP contribution in [0.15, 0.2) is 6.07 Å². The zero-order chi connectivity index (χ0) is 13.0. The summed E-state index contributed by atoms with van der Waals surface area (Å²) in [6.45, 7) is 4.24. The Morgan fingerprint density at radius 1 is 1.50 bits per heavy atom. The first-order valence-electron chi connectivity index (χ1n) is 6.44. The summed E-state index contributed by atoms with van der Waals surface area (Å²) < 4.78 is 4.85. The fraction of sp³-hybridized carbons (Fsp3) is 0.615. The van der Waals surface area contributed by atoms with E-state index in [1.54, 1.807) is 6.92 Å². The summed E-state index contributed by atoms with van der Waals surface area (Å²) in [5.41, 5.74) is 2.01. The number of nitrogens with zero attached hydrogens (tertiary/aromatic N) is 2. The van der Waals surface area contributed by atoms with E-state index in [1.807, 2.05) is 13.0 Å². The predicted molar refractivity (Wildman–Crippen MR) is 68.5 cm³/mol. The molecule has 5 nitrogen and oxygen atoms in total. The molecule has 1 fully saturated rings. The molecular weight excluding hydrogens is 230 g/mol. The number of carbonyl (C=O) groups is 1. The molecule has 0 amide bonds. The summed E-state index contributed by atoms with van der Waals surface area (Å²) in [6, 6.07) is 2.03. The normalized spacial score (nSPS) is 15.0. The van der Waals surface area contributed by atoms with Crippen molar-refractivity contribution < 1.29 is 9.53 Å². The first-order chi connectivity index (χ1) is 8.69. The maximum atomic E-state index is 11.2. The van der Waals surface area contributed by atoms with E-state index in [1.165, 1.54) is 19.3 Å². The van der Waals surface area contributed by atoms with Gasteiger partial charge >= 0.3 is 5.97 Å². The maximum absolute atomic E-state index is 11.2. The van der Waals surface area contributed by atoms with E-state index in [2.05, 4.69) is 15.3 Å². The molecule has 0 saturated heterocycles. The Hall–Kier alpha value is -1.65. The van der Waals surface area contributed by atoms with Crippen LogP contribution in [0, 0.1) is 6.92 Å². The van der Waals surface area contributed by atoms with Crippen molar-refractivity contribution in [3.8, 4) is 0 Å². The van der Waals surface area contributed by atoms with E-state index in [0.29, 0.717) is 18.5 Å². The number of ether oxygens (including phenoxy) is 1. The van der Waals surface area contributed by atoms with Gasteiger partial charge in [-0.15, -0.1) is 0 Å². The molecule has 1 aromatic rings. The number of hydrogen-bond acceptors (Lipinski definition) is 5. The first-order valence-corrected chi connectivity index (χ1v) is 6.44. The van der Waals surface area contributed by atoms with E-state index in [-0.39, 0.29) is 12.5 Å². The summed E-state index contributed by atoms with van der Waals surface area (Å²) in [5, 5.41) is 2.92. The predicted octanol–water partition coefficient (Wildman–Crippen LogP) is 2.03. The molecule has 1 aromatic heterocycles. The molecule has 1 N–H and O–H groups in total. The van der Waals surface area contributed by atoms with Gasteiger partial charge in [0.05, 0.1) is 6.61 Å². The number of aryl methyl sites for hydroxylation is 1. The Morgan fingerprint density at radius 2 is 2.28 bits per heavy atom. The van der Waals surface area contributed by atoms with E-state index in [9.17, 15) is 4.79 Å². The number of esters is 1. The lowest BCUT2D eigenvalue weighted by molar-refractivity contribution is -0.140. The zero-order valence-corrected chi connectivity index (χ0v) is 10.9. The second-order valence-electron chi connectivity index (χ2n) is 4.54. The van der Waals surface area contributed by atoms with Crippen LogP contribution in [0.3, 0.4) is 0 Å². The van der Waals surface area contributed by atoms with Gasteiger partial charge in [0.25, 0.3) is 0 Å². The average Bonchev–Trinajstić information content (AvgIpc) is 2.24. The van der Waals surface area contributed by atoms with Crippen LogP contribution in [-0.4, -0.2) is 29.1 Å². The minimum Gasteiger partial charge on any atom is -0.465 e. The Morgan fingerprint density at radius 3 is 2.89 bits per heavy atom. The molecule has 0 aromatic carbocycles. The van der Waals surface area contributed by atoms with Crippen molar-refractivity contribution >= 4 is 11.9 Å². The van der Waals surface area contributed by atoms with Gasteiger partial charge in [-0.2, -0.15) is 0 Å². The second-order valence-corrected chi connectivity index (χ2v) is 4.54. The standard InChI is InChI=1S/C13H19N3O2/c1-3-18-12(17)8-14-13-15-9(2)7-11(16-13)10-5-4-6-10/h7,10H,3-6,8H2,1-2H3,(H,14,15,16). The molecule has 0 unspecified atom stereocenters. The van der Waals surface area contributed by atoms with Gasteiger partial charge in [0.2, 0.25) is 5.95 Å². The Bertz CT molecular complexity index is 430. The SMILES string of the molecule is CCOC(=O)CNc1nc(C)cc(C2CCC2)n1. The van der Waals surface area contributed by atoms with Crippen molar-refractivity contribution in [3.05, 3.63) is 17.5 Å². The third kappa shape index (κ3) is 3.18. The Kier molecular flexibility index (Phi) is 4.12. The van der Waals surface area contributed by atoms with Crippen molar-refractivity contribution in [2.75, 3.05) is 18.5 Å². The maximum Gasteiger partial charge on any atom is 0.325 e. The van der Waals surface area contributed by atoms with Crippen LogP contribution in [0.4, 0.5) is 5.95 Å². The summed E-state index contributed by atoms with van der Waals surface area (Å²) in [7, 11) is 0. The number of hydrogen-bond donors (Lipinski definition) is 1. The molecular formula is C13H19N3O2. The first kappa shape index (κ1) is 12.8. The lowest BCUT2D eigenvalue weighted by atomic mass is 9.83. The summed E-state index contributed by atoms with van der Waals surface area (Å²) in [4.78, 5) is 20.0. The van der Waals surface area contributed by atoms with Gasteiger partial charge in [0, 0.05) is 17.3 Å². The number of rotatable bonds is 5. The van der Waals surface area contributed by atoms with Crippen molar-refractivity contribution in [1.82, 2.24) is 9.97 Å². The Labute approximate surface area is 107 Å². The third-order valence-electron chi connectivity index (χ3n) is 3.09. The highest BCUT2D eigenvalue weighted by molar-refractivity contribution is 5.74. The van der Waals surface area contributed by atoms with Crippen LogP contribution in [0.1, 0.15) is 43.5 Å². The summed E-state index contributed by atoms with van der Waals surface area (Å²) in [5.74, 6) is 0.799. The van der Waals surface area contributed by atoms with E-state index < -0.39 is 0 Å². The Balaban J connectivity index is 1.99. The lowest BCUT2D eigenvalue weighted by Crippen LogP contribution is -2.19. The number of aromatic nitrogens is 2. The highest BCUT2D eigenvalue weighted by Crippen LogP contribution is 2.35. The van der Waals surface area contributed by atoms with Crippen molar-refractivity contribution in [1.29, 1.82) is 0 Å². The molecule has 0 spiro atoms. The molecule has 98 valence electrons. The highest BCUT2D eigenvalue weighted by atomic mass is 16.5. The van der Waals surface area contributed by atoms with Crippen molar-refractivity contribution in [2.45, 2.75) is 39.0 Å². The van der Waals surface area contributed by atoms with Crippen LogP contribution in [0.25, 0.3) is 0 Å². The van der Waals surface area contributed by atoms with Gasteiger partial charge in [-0.3, -0.25) is 4.79 Å². The number of nitrogens with one attached hydrogen (secondary N) is 1. The molecule has 1 saturated carbocycles. The van der Waals surface area contributed by atoms with Crippen LogP contribution >= 0.6 is 0 Å². The number of carbonyl (C=O) groups excluding carboxylic acids is 1. The largest absolute Gasteiger partial charge is 0.465 e. The smallest absolute Gasteiger partial charge is 0.325 e. The van der Waals surface area contributed by atoms with Crippen LogP contribution in [-0.2, 0) is 9.53 Å². The molecule has 0 bridgehead atoms. The van der Waals surface area contributed by atoms with Gasteiger partial charge < -0.3 is 10.1 Å². The third-order valence-corrected chi connectivity index (χ3v) is 3.09. The van der Waals surface area contributed by atoms with E-state index >= 15 is 0 Å². The molecule has 0 aliphatic heterocycles. The second kappa shape index (κ2) is 5.80. The molecule has 1 heterocycles. The van der Waals surface area contributed by atoms with E-state index in [0.717, 1.165) is 11.4 Å². The molecule has 2 rings (SSSR count). The van der Waals surface area contributed by atoms with E-state index in [4.69, 9.17) is 4.74 Å². The fourth-order valence-electron chi connectivity index (χ4n) is 1.95. The highest BCUT2D eigenvalue weighted by Gasteiger charge is 2.21. The molecule has 1 aliphatic rings. The topological polar surface area (TPSA) is 64.1 Å². The van der Waals surface area contributed by atoms with Gasteiger partial charge in [0.15, 0.2) is 0 Å². The lowest BCUT2D eigenvalue weighted by Gasteiger charge is -2.25. The molecule has 0 atom stereocenters. The van der Waals surface area contributed by atoms with Gasteiger partial charge in [-0.05, 0) is 32.8 Å². The molecule has 18 heavy (non-hydrogen) atoms. The van der Waals surface area contributed by atoms with Crippen molar-refractivity contribution in [2.24, 2.45) is 0 Å². The van der Waals surface area contributed by atoms with Gasteiger partial charge in [-0.1, -0.05) is 6.42 Å². The minimum atomic E-state index is -0.284.